The monoisotopic (exact) mass is 450 g/mol. The first-order valence-corrected chi connectivity index (χ1v) is 11.3. The Hall–Kier alpha value is -4.32. The van der Waals surface area contributed by atoms with Crippen molar-refractivity contribution in [1.29, 1.82) is 0 Å². The Bertz CT molecular complexity index is 1620. The van der Waals surface area contributed by atoms with Crippen molar-refractivity contribution in [2.75, 3.05) is 5.32 Å². The van der Waals surface area contributed by atoms with Gasteiger partial charge in [-0.3, -0.25) is 14.3 Å². The number of carbonyl (C=O) groups is 1. The van der Waals surface area contributed by atoms with Crippen molar-refractivity contribution >= 4 is 39.5 Å². The van der Waals surface area contributed by atoms with Crippen molar-refractivity contribution < 1.29 is 4.79 Å². The third-order valence-corrected chi connectivity index (χ3v) is 6.34. The van der Waals surface area contributed by atoms with Crippen LogP contribution in [-0.2, 0) is 18.4 Å². The van der Waals surface area contributed by atoms with Gasteiger partial charge in [0.1, 0.15) is 5.69 Å². The van der Waals surface area contributed by atoms with E-state index in [-0.39, 0.29) is 17.2 Å². The largest absolute Gasteiger partial charge is 0.341 e. The van der Waals surface area contributed by atoms with Gasteiger partial charge < -0.3 is 9.88 Å². The van der Waals surface area contributed by atoms with Crippen LogP contribution in [-0.4, -0.2) is 19.8 Å². The minimum atomic E-state index is -0.345. The molecule has 0 aliphatic heterocycles. The van der Waals surface area contributed by atoms with E-state index in [0.29, 0.717) is 5.69 Å². The van der Waals surface area contributed by atoms with Crippen LogP contribution in [0.25, 0.3) is 33.6 Å². The van der Waals surface area contributed by atoms with Gasteiger partial charge in [0.25, 0.3) is 5.56 Å². The fraction of sp³-hybridized carbons (Fsp3) is 0.143. The molecule has 3 aromatic carbocycles. The van der Waals surface area contributed by atoms with Crippen LogP contribution in [0.15, 0.2) is 83.7 Å². The number of hydrogen-bond donors (Lipinski definition) is 1. The molecule has 34 heavy (non-hydrogen) atoms. The normalized spacial score (nSPS) is 11.6. The summed E-state index contributed by atoms with van der Waals surface area (Å²) in [5, 5.41) is 5.13. The average Bonchev–Trinajstić information content (AvgIpc) is 3.29. The van der Waals surface area contributed by atoms with E-state index in [1.165, 1.54) is 22.5 Å². The van der Waals surface area contributed by atoms with Crippen molar-refractivity contribution in [3.05, 3.63) is 100 Å². The molecule has 6 nitrogen and oxygen atoms in total. The molecule has 0 saturated heterocycles. The topological polar surface area (TPSA) is 61.0 Å². The first-order valence-electron chi connectivity index (χ1n) is 11.3. The highest BCUT2D eigenvalue weighted by atomic mass is 16.2. The molecule has 170 valence electrons. The van der Waals surface area contributed by atoms with Crippen molar-refractivity contribution in [2.24, 2.45) is 7.05 Å². The van der Waals surface area contributed by atoms with Crippen LogP contribution in [0.3, 0.4) is 0 Å². The molecule has 0 fully saturated rings. The van der Waals surface area contributed by atoms with Gasteiger partial charge in [0.2, 0.25) is 5.91 Å². The van der Waals surface area contributed by atoms with Crippen LogP contribution in [0, 0.1) is 6.92 Å². The molecule has 2 heterocycles. The number of nitrogens with zero attached hydrogens (tertiary/aromatic N) is 3. The van der Waals surface area contributed by atoms with Crippen LogP contribution >= 0.6 is 0 Å². The van der Waals surface area contributed by atoms with Crippen molar-refractivity contribution in [2.45, 2.75) is 20.4 Å². The quantitative estimate of drug-likeness (QED) is 0.371. The molecule has 0 unspecified atom stereocenters. The maximum absolute atomic E-state index is 13.0. The summed E-state index contributed by atoms with van der Waals surface area (Å²) in [5.41, 5.74) is 4.75. The van der Waals surface area contributed by atoms with Gasteiger partial charge in [0.05, 0.1) is 11.4 Å². The lowest BCUT2D eigenvalue weighted by atomic mass is 10.1. The van der Waals surface area contributed by atoms with Crippen LogP contribution < -0.4 is 10.9 Å². The molecule has 1 amide bonds. The van der Waals surface area contributed by atoms with Gasteiger partial charge in [-0.1, -0.05) is 42.5 Å². The van der Waals surface area contributed by atoms with Crippen LogP contribution in [0.1, 0.15) is 18.2 Å². The van der Waals surface area contributed by atoms with E-state index in [1.807, 2.05) is 49.4 Å². The number of para-hydroxylation sites is 2. The van der Waals surface area contributed by atoms with E-state index >= 15 is 0 Å². The zero-order valence-corrected chi connectivity index (χ0v) is 19.4. The van der Waals surface area contributed by atoms with Crippen molar-refractivity contribution in [1.82, 2.24) is 13.9 Å². The van der Waals surface area contributed by atoms with E-state index in [1.54, 1.807) is 22.5 Å². The lowest BCUT2D eigenvalue weighted by Gasteiger charge is -2.07. The van der Waals surface area contributed by atoms with Gasteiger partial charge in [0, 0.05) is 41.5 Å². The summed E-state index contributed by atoms with van der Waals surface area (Å²) in [7, 11) is 1.80. The fourth-order valence-corrected chi connectivity index (χ4v) is 4.56. The van der Waals surface area contributed by atoms with Gasteiger partial charge in [0.15, 0.2) is 0 Å². The van der Waals surface area contributed by atoms with Crippen molar-refractivity contribution in [3.8, 4) is 5.69 Å². The highest BCUT2D eigenvalue weighted by Crippen LogP contribution is 2.30. The Morgan fingerprint density at radius 1 is 0.941 bits per heavy atom. The minimum Gasteiger partial charge on any atom is -0.341 e. The van der Waals surface area contributed by atoms with Crippen LogP contribution in [0.2, 0.25) is 0 Å². The zero-order valence-electron chi connectivity index (χ0n) is 19.4. The molecule has 0 bridgehead atoms. The Morgan fingerprint density at radius 3 is 2.41 bits per heavy atom. The highest BCUT2D eigenvalue weighted by Gasteiger charge is 2.17. The van der Waals surface area contributed by atoms with Gasteiger partial charge in [-0.15, -0.1) is 0 Å². The van der Waals surface area contributed by atoms with E-state index in [0.717, 1.165) is 23.2 Å². The number of fused-ring (bicyclic) bond motifs is 3. The molecular formula is C28H26N4O2. The van der Waals surface area contributed by atoms with E-state index in [9.17, 15) is 9.59 Å². The second-order valence-electron chi connectivity index (χ2n) is 8.30. The predicted molar refractivity (Wildman–Crippen MR) is 139 cm³/mol. The maximum atomic E-state index is 13.0. The molecule has 6 heteroatoms. The summed E-state index contributed by atoms with van der Waals surface area (Å²) < 4.78 is 5.58. The van der Waals surface area contributed by atoms with Gasteiger partial charge in [-0.05, 0) is 55.8 Å². The zero-order chi connectivity index (χ0) is 23.8. The highest BCUT2D eigenvalue weighted by molar-refractivity contribution is 6.09. The molecule has 0 aliphatic carbocycles. The Morgan fingerprint density at radius 2 is 1.65 bits per heavy atom. The molecule has 0 aliphatic rings. The maximum Gasteiger partial charge on any atom is 0.295 e. The Labute approximate surface area is 197 Å². The number of amides is 1. The molecular weight excluding hydrogens is 424 g/mol. The standard InChI is InChI=1S/C28H26N4O2/c1-4-31-24-13-9-8-12-22(24)23-18-20(14-16-25(23)31)15-17-26(33)29-27-19(2)30(3)32(28(27)34)21-10-6-5-7-11-21/h5-18H,4H2,1-3H3,(H,29,33)/b17-15+. The number of aromatic nitrogens is 3. The average molecular weight is 451 g/mol. The van der Waals surface area contributed by atoms with Crippen LogP contribution in [0.5, 0.6) is 0 Å². The number of hydrogen-bond acceptors (Lipinski definition) is 2. The summed E-state index contributed by atoms with van der Waals surface area (Å²) in [6.45, 7) is 4.84. The van der Waals surface area contributed by atoms with E-state index in [4.69, 9.17) is 0 Å². The molecule has 2 aromatic heterocycles. The van der Waals surface area contributed by atoms with Crippen LogP contribution in [0.4, 0.5) is 5.69 Å². The van der Waals surface area contributed by atoms with Gasteiger partial charge in [-0.25, -0.2) is 4.68 Å². The summed E-state index contributed by atoms with van der Waals surface area (Å²) in [5.74, 6) is -0.345. The summed E-state index contributed by atoms with van der Waals surface area (Å²) in [6, 6.07) is 23.9. The molecule has 5 rings (SSSR count). The molecule has 5 aromatic rings. The third kappa shape index (κ3) is 3.53. The second kappa shape index (κ2) is 8.56. The lowest BCUT2D eigenvalue weighted by Crippen LogP contribution is -2.22. The molecule has 0 saturated carbocycles. The number of carbonyl (C=O) groups excluding carboxylic acids is 1. The SMILES string of the molecule is CCn1c2ccccc2c2cc(/C=C/C(=O)Nc3c(C)n(C)n(-c4ccccc4)c3=O)ccc21. The number of nitrogens with one attached hydrogen (secondary N) is 1. The first kappa shape index (κ1) is 21.5. The smallest absolute Gasteiger partial charge is 0.295 e. The number of aryl methyl sites for hydroxylation is 1. The van der Waals surface area contributed by atoms with E-state index in [2.05, 4.69) is 47.1 Å². The summed E-state index contributed by atoms with van der Waals surface area (Å²) in [6.07, 6.45) is 3.25. The summed E-state index contributed by atoms with van der Waals surface area (Å²) in [4.78, 5) is 25.7. The van der Waals surface area contributed by atoms with Gasteiger partial charge >= 0.3 is 0 Å². The first-order chi connectivity index (χ1) is 16.5. The molecule has 0 spiro atoms. The molecule has 1 N–H and O–H groups in total. The van der Waals surface area contributed by atoms with Crippen molar-refractivity contribution in [3.63, 3.8) is 0 Å². The van der Waals surface area contributed by atoms with E-state index < -0.39 is 0 Å². The van der Waals surface area contributed by atoms with Gasteiger partial charge in [-0.2, -0.15) is 0 Å². The Balaban J connectivity index is 1.44. The minimum absolute atomic E-state index is 0.262. The molecule has 0 radical (unpaired) electrons. The molecule has 0 atom stereocenters. The second-order valence-corrected chi connectivity index (χ2v) is 8.30. The predicted octanol–water partition coefficient (Wildman–Crippen LogP) is 5.26. The number of benzene rings is 3. The number of anilines is 1. The third-order valence-electron chi connectivity index (χ3n) is 6.34. The summed E-state index contributed by atoms with van der Waals surface area (Å²) >= 11 is 0. The number of rotatable bonds is 5. The lowest BCUT2D eigenvalue weighted by molar-refractivity contribution is -0.111. The Kier molecular flexibility index (Phi) is 5.42. The fourth-order valence-electron chi connectivity index (χ4n) is 4.56.